The Morgan fingerprint density at radius 2 is 1.80 bits per heavy atom. The van der Waals surface area contributed by atoms with Crippen LogP contribution in [-0.4, -0.2) is 25.6 Å². The highest BCUT2D eigenvalue weighted by Gasteiger charge is 2.14. The van der Waals surface area contributed by atoms with Crippen LogP contribution >= 0.6 is 23.2 Å². The van der Waals surface area contributed by atoms with Crippen LogP contribution in [0.4, 0.5) is 11.4 Å². The van der Waals surface area contributed by atoms with Crippen molar-refractivity contribution in [3.05, 3.63) is 52.5 Å². The number of amides is 1. The van der Waals surface area contributed by atoms with Crippen molar-refractivity contribution in [1.82, 2.24) is 0 Å². The maximum Gasteiger partial charge on any atom is 0.262 e. The molecule has 0 saturated carbocycles. The highest BCUT2D eigenvalue weighted by molar-refractivity contribution is 6.33. The standard InChI is InChI=1S/C19H20Cl2N2O2/c20-15-6-2-3-7-18(15)25-13-19(24)22-14-8-9-17(16(21)12-14)23-10-4-1-5-11-23/h2-3,6-9,12H,1,4-5,10-11,13H2,(H,22,24). The summed E-state index contributed by atoms with van der Waals surface area (Å²) in [6, 6.07) is 12.6. The molecule has 1 aliphatic rings. The van der Waals surface area contributed by atoms with Crippen LogP contribution in [0.3, 0.4) is 0 Å². The fraction of sp³-hybridized carbons (Fsp3) is 0.316. The first-order valence-corrected chi connectivity index (χ1v) is 9.11. The summed E-state index contributed by atoms with van der Waals surface area (Å²) in [6.07, 6.45) is 3.65. The Kier molecular flexibility index (Phi) is 6.05. The van der Waals surface area contributed by atoms with E-state index in [9.17, 15) is 4.79 Å². The van der Waals surface area contributed by atoms with Crippen molar-refractivity contribution in [1.29, 1.82) is 0 Å². The van der Waals surface area contributed by atoms with Gasteiger partial charge in [0.25, 0.3) is 5.91 Å². The average molecular weight is 379 g/mol. The van der Waals surface area contributed by atoms with Crippen LogP contribution < -0.4 is 15.0 Å². The van der Waals surface area contributed by atoms with E-state index in [1.54, 1.807) is 30.3 Å². The second-order valence-corrected chi connectivity index (χ2v) is 6.80. The van der Waals surface area contributed by atoms with Gasteiger partial charge < -0.3 is 15.0 Å². The fourth-order valence-electron chi connectivity index (χ4n) is 2.88. The molecule has 0 radical (unpaired) electrons. The lowest BCUT2D eigenvalue weighted by molar-refractivity contribution is -0.118. The van der Waals surface area contributed by atoms with Gasteiger partial charge in [0.1, 0.15) is 5.75 Å². The SMILES string of the molecule is O=C(COc1ccccc1Cl)Nc1ccc(N2CCCCC2)c(Cl)c1. The van der Waals surface area contributed by atoms with E-state index in [0.29, 0.717) is 21.5 Å². The number of halogens is 2. The number of nitrogens with zero attached hydrogens (tertiary/aromatic N) is 1. The minimum absolute atomic E-state index is 0.116. The molecule has 0 bridgehead atoms. The molecule has 1 saturated heterocycles. The summed E-state index contributed by atoms with van der Waals surface area (Å²) in [7, 11) is 0. The molecule has 3 rings (SSSR count). The Labute approximate surface area is 157 Å². The number of carbonyl (C=O) groups is 1. The molecule has 0 aliphatic carbocycles. The minimum Gasteiger partial charge on any atom is -0.482 e. The van der Waals surface area contributed by atoms with E-state index in [1.807, 2.05) is 12.1 Å². The molecule has 1 aliphatic heterocycles. The number of para-hydroxylation sites is 1. The lowest BCUT2D eigenvalue weighted by Gasteiger charge is -2.29. The number of rotatable bonds is 5. The van der Waals surface area contributed by atoms with E-state index in [0.717, 1.165) is 18.8 Å². The van der Waals surface area contributed by atoms with Gasteiger partial charge in [-0.25, -0.2) is 0 Å². The zero-order valence-electron chi connectivity index (χ0n) is 13.8. The molecule has 1 fully saturated rings. The number of carbonyl (C=O) groups excluding carboxylic acids is 1. The van der Waals surface area contributed by atoms with Gasteiger partial charge in [0.05, 0.1) is 15.7 Å². The second kappa shape index (κ2) is 8.45. The van der Waals surface area contributed by atoms with Gasteiger partial charge in [0, 0.05) is 18.8 Å². The van der Waals surface area contributed by atoms with Crippen molar-refractivity contribution in [3.8, 4) is 5.75 Å². The Bertz CT molecular complexity index is 746. The van der Waals surface area contributed by atoms with Crippen LogP contribution in [-0.2, 0) is 4.79 Å². The predicted octanol–water partition coefficient (Wildman–Crippen LogP) is 5.00. The molecule has 0 aromatic heterocycles. The van der Waals surface area contributed by atoms with Gasteiger partial charge in [-0.1, -0.05) is 35.3 Å². The summed E-state index contributed by atoms with van der Waals surface area (Å²) >= 11 is 12.4. The van der Waals surface area contributed by atoms with E-state index in [2.05, 4.69) is 10.2 Å². The minimum atomic E-state index is -0.262. The van der Waals surface area contributed by atoms with Gasteiger partial charge in [-0.05, 0) is 49.6 Å². The highest BCUT2D eigenvalue weighted by atomic mass is 35.5. The van der Waals surface area contributed by atoms with Crippen LogP contribution in [0.25, 0.3) is 0 Å². The van der Waals surface area contributed by atoms with Crippen molar-refractivity contribution in [2.75, 3.05) is 29.9 Å². The van der Waals surface area contributed by atoms with Crippen LogP contribution in [0.15, 0.2) is 42.5 Å². The molecule has 1 amide bonds. The molecule has 1 heterocycles. The summed E-state index contributed by atoms with van der Waals surface area (Å²) in [6.45, 7) is 1.93. The Morgan fingerprint density at radius 1 is 1.04 bits per heavy atom. The summed E-state index contributed by atoms with van der Waals surface area (Å²) in [5.41, 5.74) is 1.67. The average Bonchev–Trinajstić information content (AvgIpc) is 2.62. The molecule has 6 heteroatoms. The number of piperidine rings is 1. The van der Waals surface area contributed by atoms with E-state index in [1.165, 1.54) is 19.3 Å². The quantitative estimate of drug-likeness (QED) is 0.795. The van der Waals surface area contributed by atoms with Crippen molar-refractivity contribution in [3.63, 3.8) is 0 Å². The fourth-order valence-corrected chi connectivity index (χ4v) is 3.37. The summed E-state index contributed by atoms with van der Waals surface area (Å²) in [5, 5.41) is 3.91. The Morgan fingerprint density at radius 3 is 2.52 bits per heavy atom. The smallest absolute Gasteiger partial charge is 0.262 e. The molecule has 1 N–H and O–H groups in total. The van der Waals surface area contributed by atoms with Crippen LogP contribution in [0.5, 0.6) is 5.75 Å². The highest BCUT2D eigenvalue weighted by Crippen LogP contribution is 2.31. The first-order valence-electron chi connectivity index (χ1n) is 8.35. The van der Waals surface area contributed by atoms with E-state index >= 15 is 0 Å². The molecule has 0 spiro atoms. The number of benzene rings is 2. The van der Waals surface area contributed by atoms with Gasteiger partial charge in [0.2, 0.25) is 0 Å². The molecule has 2 aromatic carbocycles. The Hall–Kier alpha value is -1.91. The summed E-state index contributed by atoms with van der Waals surface area (Å²) in [4.78, 5) is 14.4. The molecule has 132 valence electrons. The third-order valence-electron chi connectivity index (χ3n) is 4.12. The zero-order chi connectivity index (χ0) is 17.6. The maximum atomic E-state index is 12.1. The monoisotopic (exact) mass is 378 g/mol. The number of anilines is 2. The maximum absolute atomic E-state index is 12.1. The zero-order valence-corrected chi connectivity index (χ0v) is 15.3. The van der Waals surface area contributed by atoms with E-state index < -0.39 is 0 Å². The molecular weight excluding hydrogens is 359 g/mol. The number of hydrogen-bond acceptors (Lipinski definition) is 3. The molecule has 2 aromatic rings. The van der Waals surface area contributed by atoms with Crippen molar-refractivity contribution >= 4 is 40.5 Å². The van der Waals surface area contributed by atoms with Crippen LogP contribution in [0.2, 0.25) is 10.0 Å². The molecular formula is C19H20Cl2N2O2. The van der Waals surface area contributed by atoms with Gasteiger partial charge in [-0.2, -0.15) is 0 Å². The molecule has 0 atom stereocenters. The largest absolute Gasteiger partial charge is 0.482 e. The summed E-state index contributed by atoms with van der Waals surface area (Å²) in [5.74, 6) is 0.222. The van der Waals surface area contributed by atoms with E-state index in [4.69, 9.17) is 27.9 Å². The van der Waals surface area contributed by atoms with Crippen molar-refractivity contribution < 1.29 is 9.53 Å². The lowest BCUT2D eigenvalue weighted by atomic mass is 10.1. The topological polar surface area (TPSA) is 41.6 Å². The van der Waals surface area contributed by atoms with Gasteiger partial charge in [-0.3, -0.25) is 4.79 Å². The molecule has 25 heavy (non-hydrogen) atoms. The number of ether oxygens (including phenoxy) is 1. The lowest BCUT2D eigenvalue weighted by Crippen LogP contribution is -2.29. The third-order valence-corrected chi connectivity index (χ3v) is 4.74. The number of hydrogen-bond donors (Lipinski definition) is 1. The van der Waals surface area contributed by atoms with Gasteiger partial charge in [-0.15, -0.1) is 0 Å². The predicted molar refractivity (Wildman–Crippen MR) is 103 cm³/mol. The van der Waals surface area contributed by atoms with Crippen LogP contribution in [0, 0.1) is 0 Å². The van der Waals surface area contributed by atoms with E-state index in [-0.39, 0.29) is 12.5 Å². The molecule has 0 unspecified atom stereocenters. The van der Waals surface area contributed by atoms with Gasteiger partial charge in [0.15, 0.2) is 6.61 Å². The molecule has 4 nitrogen and oxygen atoms in total. The van der Waals surface area contributed by atoms with Crippen molar-refractivity contribution in [2.45, 2.75) is 19.3 Å². The van der Waals surface area contributed by atoms with Gasteiger partial charge >= 0.3 is 0 Å². The third kappa shape index (κ3) is 4.80. The normalized spacial score (nSPS) is 14.2. The van der Waals surface area contributed by atoms with Crippen LogP contribution in [0.1, 0.15) is 19.3 Å². The summed E-state index contributed by atoms with van der Waals surface area (Å²) < 4.78 is 5.43. The second-order valence-electron chi connectivity index (χ2n) is 5.98. The Balaban J connectivity index is 1.58. The first-order chi connectivity index (χ1) is 12.1. The first kappa shape index (κ1) is 17.9. The van der Waals surface area contributed by atoms with Crippen molar-refractivity contribution in [2.24, 2.45) is 0 Å². The number of nitrogens with one attached hydrogen (secondary N) is 1.